The van der Waals surface area contributed by atoms with Gasteiger partial charge in [0.1, 0.15) is 5.82 Å². The van der Waals surface area contributed by atoms with Crippen LogP contribution in [-0.2, 0) is 10.0 Å². The number of anilines is 1. The molecule has 1 aromatic heterocycles. The number of rotatable bonds is 5. The second-order valence-electron chi connectivity index (χ2n) is 8.06. The average Bonchev–Trinajstić information content (AvgIpc) is 3.63. The van der Waals surface area contributed by atoms with Crippen molar-refractivity contribution in [2.24, 2.45) is 0 Å². The van der Waals surface area contributed by atoms with E-state index < -0.39 is 10.0 Å². The van der Waals surface area contributed by atoms with Crippen molar-refractivity contribution in [2.45, 2.75) is 23.8 Å². The first-order chi connectivity index (χ1) is 15.0. The van der Waals surface area contributed by atoms with E-state index in [1.807, 2.05) is 36.4 Å². The summed E-state index contributed by atoms with van der Waals surface area (Å²) in [4.78, 5) is 19.1. The van der Waals surface area contributed by atoms with E-state index in [4.69, 9.17) is 0 Å². The van der Waals surface area contributed by atoms with E-state index in [2.05, 4.69) is 10.3 Å². The molecule has 5 rings (SSSR count). The molecule has 0 unspecified atom stereocenters. The van der Waals surface area contributed by atoms with Crippen molar-refractivity contribution in [3.8, 4) is 0 Å². The molecule has 31 heavy (non-hydrogen) atoms. The molecule has 1 N–H and O–H groups in total. The van der Waals surface area contributed by atoms with Gasteiger partial charge in [-0.1, -0.05) is 30.3 Å². The largest absolute Gasteiger partial charge is 0.367 e. The Bertz CT molecular complexity index is 1220. The minimum Gasteiger partial charge on any atom is -0.367 e. The van der Waals surface area contributed by atoms with Crippen LogP contribution in [0.5, 0.6) is 0 Å². The van der Waals surface area contributed by atoms with Gasteiger partial charge in [-0.2, -0.15) is 4.31 Å². The van der Waals surface area contributed by atoms with Crippen molar-refractivity contribution in [1.82, 2.24) is 14.2 Å². The van der Waals surface area contributed by atoms with E-state index in [0.29, 0.717) is 24.7 Å². The van der Waals surface area contributed by atoms with Crippen molar-refractivity contribution in [3.05, 3.63) is 66.4 Å². The zero-order valence-corrected chi connectivity index (χ0v) is 17.9. The molecule has 1 amide bonds. The number of carbonyl (C=O) groups is 1. The quantitative estimate of drug-likeness (QED) is 0.665. The number of nitrogens with zero attached hydrogens (tertiary/aromatic N) is 3. The van der Waals surface area contributed by atoms with Gasteiger partial charge in [-0.3, -0.25) is 4.79 Å². The number of piperazine rings is 1. The predicted molar refractivity (Wildman–Crippen MR) is 119 cm³/mol. The normalized spacial score (nSPS) is 17.6. The van der Waals surface area contributed by atoms with Crippen LogP contribution in [0.4, 0.5) is 5.82 Å². The zero-order chi connectivity index (χ0) is 21.4. The van der Waals surface area contributed by atoms with Gasteiger partial charge >= 0.3 is 0 Å². The molecule has 1 saturated heterocycles. The molecule has 2 fully saturated rings. The Labute approximate surface area is 181 Å². The SMILES string of the molecule is O=C(c1ccc(NC2CC2)nc1)N1CCN(S(=O)(=O)c2ccc3ccccc3c2)CC1. The van der Waals surface area contributed by atoms with Crippen LogP contribution in [0.3, 0.4) is 0 Å². The zero-order valence-electron chi connectivity index (χ0n) is 17.1. The smallest absolute Gasteiger partial charge is 0.255 e. The van der Waals surface area contributed by atoms with Gasteiger partial charge in [0.2, 0.25) is 10.0 Å². The van der Waals surface area contributed by atoms with Crippen molar-refractivity contribution in [2.75, 3.05) is 31.5 Å². The van der Waals surface area contributed by atoms with E-state index in [1.165, 1.54) is 4.31 Å². The van der Waals surface area contributed by atoms with Gasteiger partial charge in [0, 0.05) is 38.4 Å². The van der Waals surface area contributed by atoms with Crippen molar-refractivity contribution >= 4 is 32.5 Å². The summed E-state index contributed by atoms with van der Waals surface area (Å²) in [5.41, 5.74) is 0.521. The molecule has 0 radical (unpaired) electrons. The van der Waals surface area contributed by atoms with Crippen LogP contribution >= 0.6 is 0 Å². The molecule has 0 spiro atoms. The number of hydrogen-bond acceptors (Lipinski definition) is 5. The third kappa shape index (κ3) is 4.13. The van der Waals surface area contributed by atoms with Gasteiger partial charge < -0.3 is 10.2 Å². The summed E-state index contributed by atoms with van der Waals surface area (Å²) >= 11 is 0. The number of benzene rings is 2. The molecular formula is C23H24N4O3S. The molecule has 0 atom stereocenters. The second-order valence-corrected chi connectivity index (χ2v) is 9.99. The van der Waals surface area contributed by atoms with Gasteiger partial charge in [0.25, 0.3) is 5.91 Å². The monoisotopic (exact) mass is 436 g/mol. The van der Waals surface area contributed by atoms with Gasteiger partial charge in [-0.25, -0.2) is 13.4 Å². The topological polar surface area (TPSA) is 82.6 Å². The van der Waals surface area contributed by atoms with Crippen LogP contribution in [0.15, 0.2) is 65.7 Å². The highest BCUT2D eigenvalue weighted by molar-refractivity contribution is 7.89. The average molecular weight is 437 g/mol. The molecule has 8 heteroatoms. The van der Waals surface area contributed by atoms with Crippen molar-refractivity contribution in [1.29, 1.82) is 0 Å². The highest BCUT2D eigenvalue weighted by atomic mass is 32.2. The summed E-state index contributed by atoms with van der Waals surface area (Å²) in [6.45, 7) is 1.26. The van der Waals surface area contributed by atoms with Crippen molar-refractivity contribution < 1.29 is 13.2 Å². The maximum Gasteiger partial charge on any atom is 0.255 e. The first kappa shape index (κ1) is 20.0. The number of pyridine rings is 1. The minimum atomic E-state index is -3.60. The van der Waals surface area contributed by atoms with E-state index in [0.717, 1.165) is 29.4 Å². The summed E-state index contributed by atoms with van der Waals surface area (Å²) in [6.07, 6.45) is 3.91. The molecule has 160 valence electrons. The molecule has 2 aliphatic rings. The number of aromatic nitrogens is 1. The highest BCUT2D eigenvalue weighted by Gasteiger charge is 2.30. The maximum atomic E-state index is 13.1. The predicted octanol–water partition coefficient (Wildman–Crippen LogP) is 2.96. The van der Waals surface area contributed by atoms with Gasteiger partial charge in [0.05, 0.1) is 10.5 Å². The van der Waals surface area contributed by atoms with Crippen LogP contribution in [0.25, 0.3) is 10.8 Å². The van der Waals surface area contributed by atoms with Crippen molar-refractivity contribution in [3.63, 3.8) is 0 Å². The lowest BCUT2D eigenvalue weighted by Crippen LogP contribution is -2.50. The number of amides is 1. The third-order valence-electron chi connectivity index (χ3n) is 5.82. The number of nitrogens with one attached hydrogen (secondary N) is 1. The molecule has 0 bridgehead atoms. The lowest BCUT2D eigenvalue weighted by molar-refractivity contribution is 0.0697. The minimum absolute atomic E-state index is 0.117. The summed E-state index contributed by atoms with van der Waals surface area (Å²) in [5, 5.41) is 5.20. The van der Waals surface area contributed by atoms with Gasteiger partial charge in [-0.15, -0.1) is 0 Å². The number of hydrogen-bond donors (Lipinski definition) is 1. The molecule has 2 aromatic carbocycles. The fourth-order valence-electron chi connectivity index (χ4n) is 3.83. The van der Waals surface area contributed by atoms with Crippen LogP contribution < -0.4 is 5.32 Å². The first-order valence-corrected chi connectivity index (χ1v) is 12.0. The second kappa shape index (κ2) is 7.94. The lowest BCUT2D eigenvalue weighted by atomic mass is 10.1. The molecule has 1 saturated carbocycles. The number of fused-ring (bicyclic) bond motifs is 1. The van der Waals surface area contributed by atoms with Crippen LogP contribution in [0.2, 0.25) is 0 Å². The summed E-state index contributed by atoms with van der Waals surface area (Å²) in [5.74, 6) is 0.665. The highest BCUT2D eigenvalue weighted by Crippen LogP contribution is 2.25. The standard InChI is InChI=1S/C23H24N4O3S/c28-23(19-6-10-22(24-16-19)25-20-7-8-20)26-11-13-27(14-12-26)31(29,30)21-9-5-17-3-1-2-4-18(17)15-21/h1-6,9-10,15-16,20H,7-8,11-14H2,(H,24,25). The van der Waals surface area contributed by atoms with Gasteiger partial charge in [0.15, 0.2) is 0 Å². The maximum absolute atomic E-state index is 13.1. The van der Waals surface area contributed by atoms with E-state index >= 15 is 0 Å². The van der Waals surface area contributed by atoms with Crippen LogP contribution in [-0.4, -0.2) is 60.7 Å². The molecule has 1 aliphatic heterocycles. The molecule has 1 aliphatic carbocycles. The third-order valence-corrected chi connectivity index (χ3v) is 7.72. The summed E-state index contributed by atoms with van der Waals surface area (Å²) in [7, 11) is -3.60. The number of sulfonamides is 1. The Balaban J connectivity index is 1.25. The summed E-state index contributed by atoms with van der Waals surface area (Å²) in [6, 6.07) is 17.0. The molecule has 3 aromatic rings. The van der Waals surface area contributed by atoms with E-state index in [9.17, 15) is 13.2 Å². The molecule has 2 heterocycles. The Hall–Kier alpha value is -2.97. The fraction of sp³-hybridized carbons (Fsp3) is 0.304. The summed E-state index contributed by atoms with van der Waals surface area (Å²) < 4.78 is 27.7. The van der Waals surface area contributed by atoms with Gasteiger partial charge in [-0.05, 0) is 47.9 Å². The Morgan fingerprint density at radius 1 is 0.935 bits per heavy atom. The molecule has 7 nitrogen and oxygen atoms in total. The molecular weight excluding hydrogens is 412 g/mol. The van der Waals surface area contributed by atoms with E-state index in [-0.39, 0.29) is 23.9 Å². The number of carbonyl (C=O) groups excluding carboxylic acids is 1. The van der Waals surface area contributed by atoms with E-state index in [1.54, 1.807) is 29.3 Å². The Morgan fingerprint density at radius 2 is 1.68 bits per heavy atom. The Kier molecular flexibility index (Phi) is 5.11. The Morgan fingerprint density at radius 3 is 2.35 bits per heavy atom. The fourth-order valence-corrected chi connectivity index (χ4v) is 5.29. The lowest BCUT2D eigenvalue weighted by Gasteiger charge is -2.34. The van der Waals surface area contributed by atoms with Crippen LogP contribution in [0.1, 0.15) is 23.2 Å². The first-order valence-electron chi connectivity index (χ1n) is 10.5. The van der Waals surface area contributed by atoms with Crippen LogP contribution in [0, 0.1) is 0 Å².